The van der Waals surface area contributed by atoms with E-state index in [9.17, 15) is 18.8 Å². The molecule has 182 valence electrons. The molecule has 4 amide bonds. The number of carbonyl (C=O) groups excluding carboxylic acids is 3. The van der Waals surface area contributed by atoms with Crippen LogP contribution < -0.4 is 15.5 Å². The number of anilines is 3. The van der Waals surface area contributed by atoms with E-state index in [2.05, 4.69) is 16.6 Å². The summed E-state index contributed by atoms with van der Waals surface area (Å²) in [7, 11) is 1.50. The first-order chi connectivity index (χ1) is 16.9. The number of benzene rings is 2. The van der Waals surface area contributed by atoms with Crippen LogP contribution in [0.25, 0.3) is 0 Å². The first kappa shape index (κ1) is 24.2. The maximum atomic E-state index is 14.8. The maximum Gasteiger partial charge on any atom is 0.322 e. The van der Waals surface area contributed by atoms with Crippen molar-refractivity contribution in [3.05, 3.63) is 53.8 Å². The third-order valence-electron chi connectivity index (χ3n) is 5.97. The summed E-state index contributed by atoms with van der Waals surface area (Å²) in [5.41, 5.74) is 1.52. The molecule has 2 saturated heterocycles. The highest BCUT2D eigenvalue weighted by atomic mass is 19.1. The second-order valence-corrected chi connectivity index (χ2v) is 8.16. The van der Waals surface area contributed by atoms with Crippen molar-refractivity contribution in [1.82, 2.24) is 4.90 Å². The minimum Gasteiger partial charge on any atom is -0.380 e. The van der Waals surface area contributed by atoms with Crippen LogP contribution in [0.1, 0.15) is 12.0 Å². The zero-order valence-corrected chi connectivity index (χ0v) is 19.1. The quantitative estimate of drug-likeness (QED) is 0.641. The van der Waals surface area contributed by atoms with E-state index in [1.807, 2.05) is 0 Å². The molecule has 35 heavy (non-hydrogen) atoms. The molecule has 2 heterocycles. The monoisotopic (exact) mass is 480 g/mol. The number of methoxy groups -OCH3 is 1. The Morgan fingerprint density at radius 2 is 1.97 bits per heavy atom. The maximum absolute atomic E-state index is 14.8. The number of rotatable bonds is 5. The molecule has 2 aromatic carbocycles. The second kappa shape index (κ2) is 10.5. The number of hydrogen-bond donors (Lipinski definition) is 2. The zero-order valence-electron chi connectivity index (χ0n) is 19.1. The highest BCUT2D eigenvalue weighted by Crippen LogP contribution is 2.26. The summed E-state index contributed by atoms with van der Waals surface area (Å²) in [6.45, 7) is 0.817. The van der Waals surface area contributed by atoms with E-state index in [-0.39, 0.29) is 37.3 Å². The van der Waals surface area contributed by atoms with Crippen molar-refractivity contribution in [2.45, 2.75) is 18.6 Å². The van der Waals surface area contributed by atoms with Crippen LogP contribution in [0.2, 0.25) is 0 Å². The van der Waals surface area contributed by atoms with Gasteiger partial charge in [0.15, 0.2) is 0 Å². The number of ether oxygens (including phenoxy) is 2. The highest BCUT2D eigenvalue weighted by molar-refractivity contribution is 6.00. The molecule has 4 rings (SSSR count). The van der Waals surface area contributed by atoms with Gasteiger partial charge in [-0.2, -0.15) is 0 Å². The van der Waals surface area contributed by atoms with Crippen LogP contribution in [0, 0.1) is 18.2 Å². The van der Waals surface area contributed by atoms with Crippen LogP contribution in [-0.4, -0.2) is 68.3 Å². The Labute approximate surface area is 202 Å². The van der Waals surface area contributed by atoms with Gasteiger partial charge >= 0.3 is 6.03 Å². The van der Waals surface area contributed by atoms with Gasteiger partial charge in [-0.05, 0) is 42.5 Å². The number of urea groups is 1. The van der Waals surface area contributed by atoms with Crippen LogP contribution in [0.3, 0.4) is 0 Å². The van der Waals surface area contributed by atoms with E-state index in [0.717, 1.165) is 0 Å². The van der Waals surface area contributed by atoms with Gasteiger partial charge in [-0.15, -0.1) is 6.42 Å². The Bertz CT molecular complexity index is 1160. The Hall–Kier alpha value is -3.94. The molecule has 9 nitrogen and oxygen atoms in total. The van der Waals surface area contributed by atoms with Crippen molar-refractivity contribution >= 4 is 34.9 Å². The van der Waals surface area contributed by atoms with Gasteiger partial charge in [0.1, 0.15) is 18.5 Å². The molecular weight excluding hydrogens is 455 g/mol. The molecule has 0 unspecified atom stereocenters. The normalized spacial score (nSPS) is 19.9. The standard InChI is InChI=1S/C25H25FN4O5/c1-3-16-4-6-17(7-5-16)27-25(33)30-14-19(34-2)13-22(30)24(32)28-21-9-8-18(12-20(21)26)29-10-11-35-15-23(29)31/h1,4-9,12,19,22H,10-11,13-15H2,2H3,(H,27,33)(H,28,32)/t19-,22-/m1/s1. The highest BCUT2D eigenvalue weighted by Gasteiger charge is 2.40. The van der Waals surface area contributed by atoms with E-state index in [1.165, 1.54) is 29.0 Å². The fourth-order valence-corrected chi connectivity index (χ4v) is 4.07. The van der Waals surface area contributed by atoms with Gasteiger partial charge in [0, 0.05) is 43.6 Å². The Kier molecular flexibility index (Phi) is 7.29. The summed E-state index contributed by atoms with van der Waals surface area (Å²) in [6.07, 6.45) is 5.27. The molecule has 0 radical (unpaired) electrons. The lowest BCUT2D eigenvalue weighted by atomic mass is 10.1. The summed E-state index contributed by atoms with van der Waals surface area (Å²) < 4.78 is 25.3. The van der Waals surface area contributed by atoms with Gasteiger partial charge in [0.2, 0.25) is 5.91 Å². The van der Waals surface area contributed by atoms with Crippen molar-refractivity contribution in [2.75, 3.05) is 48.9 Å². The molecule has 0 bridgehead atoms. The summed E-state index contributed by atoms with van der Waals surface area (Å²) in [4.78, 5) is 40.8. The lowest BCUT2D eigenvalue weighted by molar-refractivity contribution is -0.125. The first-order valence-electron chi connectivity index (χ1n) is 11.0. The van der Waals surface area contributed by atoms with E-state index < -0.39 is 23.8 Å². The molecule has 2 atom stereocenters. The Balaban J connectivity index is 1.46. The van der Waals surface area contributed by atoms with Crippen LogP contribution >= 0.6 is 0 Å². The van der Waals surface area contributed by atoms with Gasteiger partial charge in [0.25, 0.3) is 5.91 Å². The minimum atomic E-state index is -0.871. The van der Waals surface area contributed by atoms with Crippen molar-refractivity contribution in [2.24, 2.45) is 0 Å². The van der Waals surface area contributed by atoms with Gasteiger partial charge in [-0.25, -0.2) is 9.18 Å². The predicted molar refractivity (Wildman–Crippen MR) is 128 cm³/mol. The lowest BCUT2D eigenvalue weighted by Gasteiger charge is -2.27. The van der Waals surface area contributed by atoms with Gasteiger partial charge in [-0.3, -0.25) is 9.59 Å². The van der Waals surface area contributed by atoms with Crippen molar-refractivity contribution < 1.29 is 28.2 Å². The molecule has 2 aromatic rings. The van der Waals surface area contributed by atoms with Crippen LogP contribution in [-0.2, 0) is 19.1 Å². The van der Waals surface area contributed by atoms with E-state index >= 15 is 0 Å². The number of likely N-dealkylation sites (tertiary alicyclic amines) is 1. The second-order valence-electron chi connectivity index (χ2n) is 8.16. The summed E-state index contributed by atoms with van der Waals surface area (Å²) in [5, 5.41) is 5.31. The topological polar surface area (TPSA) is 100 Å². The first-order valence-corrected chi connectivity index (χ1v) is 11.0. The molecule has 2 aliphatic heterocycles. The van der Waals surface area contributed by atoms with E-state index in [4.69, 9.17) is 15.9 Å². The van der Waals surface area contributed by atoms with Crippen molar-refractivity contribution in [1.29, 1.82) is 0 Å². The number of halogens is 1. The summed E-state index contributed by atoms with van der Waals surface area (Å²) >= 11 is 0. The third-order valence-corrected chi connectivity index (χ3v) is 5.97. The average molecular weight is 480 g/mol. The fraction of sp³-hybridized carbons (Fsp3) is 0.320. The SMILES string of the molecule is C#Cc1ccc(NC(=O)N2C[C@H](OC)C[C@@H]2C(=O)Nc2ccc(N3CCOCC3=O)cc2F)cc1. The van der Waals surface area contributed by atoms with Gasteiger partial charge < -0.3 is 29.9 Å². The van der Waals surface area contributed by atoms with Crippen LogP contribution in [0.15, 0.2) is 42.5 Å². The summed E-state index contributed by atoms with van der Waals surface area (Å²) in [6, 6.07) is 9.51. The molecule has 0 spiro atoms. The number of carbonyl (C=O) groups is 3. The number of hydrogen-bond acceptors (Lipinski definition) is 5. The largest absolute Gasteiger partial charge is 0.380 e. The van der Waals surface area contributed by atoms with E-state index in [1.54, 1.807) is 30.3 Å². The smallest absolute Gasteiger partial charge is 0.322 e. The number of terminal acetylenes is 1. The third kappa shape index (κ3) is 5.42. The average Bonchev–Trinajstić information content (AvgIpc) is 3.31. The number of morpholine rings is 1. The van der Waals surface area contributed by atoms with Crippen molar-refractivity contribution in [3.63, 3.8) is 0 Å². The minimum absolute atomic E-state index is 0.0504. The molecule has 2 N–H and O–H groups in total. The lowest BCUT2D eigenvalue weighted by Crippen LogP contribution is -2.45. The molecule has 2 fully saturated rings. The van der Waals surface area contributed by atoms with Gasteiger partial charge in [-0.1, -0.05) is 5.92 Å². The molecule has 0 saturated carbocycles. The summed E-state index contributed by atoms with van der Waals surface area (Å²) in [5.74, 6) is 0.999. The number of nitrogens with one attached hydrogen (secondary N) is 2. The van der Waals surface area contributed by atoms with Gasteiger partial charge in [0.05, 0.1) is 18.4 Å². The molecule has 2 aliphatic rings. The van der Waals surface area contributed by atoms with Crippen LogP contribution in [0.4, 0.5) is 26.2 Å². The van der Waals surface area contributed by atoms with Crippen molar-refractivity contribution in [3.8, 4) is 12.3 Å². The molecule has 10 heteroatoms. The van der Waals surface area contributed by atoms with E-state index in [0.29, 0.717) is 30.1 Å². The number of amides is 4. The Morgan fingerprint density at radius 3 is 2.63 bits per heavy atom. The number of nitrogens with zero attached hydrogens (tertiary/aromatic N) is 2. The Morgan fingerprint density at radius 1 is 1.20 bits per heavy atom. The molecular formula is C25H25FN4O5. The molecule has 0 aliphatic carbocycles. The zero-order chi connectivity index (χ0) is 24.9. The van der Waals surface area contributed by atoms with Crippen LogP contribution in [0.5, 0.6) is 0 Å². The predicted octanol–water partition coefficient (Wildman–Crippen LogP) is 2.43. The fourth-order valence-electron chi connectivity index (χ4n) is 4.07. The molecule has 0 aromatic heterocycles.